The summed E-state index contributed by atoms with van der Waals surface area (Å²) in [5.74, 6) is 0.803. The minimum absolute atomic E-state index is 0.440. The van der Waals surface area contributed by atoms with Crippen LogP contribution in [0.3, 0.4) is 0 Å². The van der Waals surface area contributed by atoms with Gasteiger partial charge in [-0.05, 0) is 36.8 Å². The Kier molecular flexibility index (Phi) is 4.03. The lowest BCUT2D eigenvalue weighted by molar-refractivity contribution is 0.340. The van der Waals surface area contributed by atoms with Crippen LogP contribution in [-0.2, 0) is 0 Å². The number of nitriles is 1. The Morgan fingerprint density at radius 2 is 2.14 bits per heavy atom. The van der Waals surface area contributed by atoms with Gasteiger partial charge < -0.3 is 4.74 Å². The highest BCUT2D eigenvalue weighted by atomic mass is 35.5. The van der Waals surface area contributed by atoms with E-state index < -0.39 is 0 Å². The molecule has 0 unspecified atom stereocenters. The first-order valence-corrected chi connectivity index (χ1v) is 4.64. The lowest BCUT2D eigenvalue weighted by Gasteiger charge is -2.03. The fourth-order valence-corrected chi connectivity index (χ4v) is 1.19. The van der Waals surface area contributed by atoms with Crippen molar-refractivity contribution in [3.8, 4) is 11.8 Å². The number of benzene rings is 1. The topological polar surface area (TPSA) is 33.0 Å². The van der Waals surface area contributed by atoms with E-state index in [0.717, 1.165) is 11.3 Å². The van der Waals surface area contributed by atoms with Crippen molar-refractivity contribution in [3.05, 3.63) is 35.9 Å². The van der Waals surface area contributed by atoms with Gasteiger partial charge in [-0.2, -0.15) is 5.26 Å². The molecule has 0 fully saturated rings. The molecule has 3 heteroatoms. The number of nitrogens with zero attached hydrogens (tertiary/aromatic N) is 1. The predicted molar refractivity (Wildman–Crippen MR) is 57.1 cm³/mol. The van der Waals surface area contributed by atoms with Crippen LogP contribution in [0.4, 0.5) is 0 Å². The fourth-order valence-electron chi connectivity index (χ4n) is 1.02. The zero-order valence-corrected chi connectivity index (χ0v) is 8.58. The van der Waals surface area contributed by atoms with Crippen LogP contribution in [0, 0.1) is 11.3 Å². The van der Waals surface area contributed by atoms with Crippen LogP contribution in [0.1, 0.15) is 12.5 Å². The molecule has 0 aliphatic heterocycles. The second-order valence-electron chi connectivity index (χ2n) is 2.58. The van der Waals surface area contributed by atoms with Crippen LogP contribution in [0.2, 0.25) is 0 Å². The summed E-state index contributed by atoms with van der Waals surface area (Å²) in [5, 5.41) is 8.84. The molecule has 0 saturated heterocycles. The molecular formula is C11H10ClNO. The van der Waals surface area contributed by atoms with Gasteiger partial charge in [-0.15, -0.1) is 0 Å². The van der Waals surface area contributed by atoms with E-state index in [1.807, 2.05) is 37.3 Å². The summed E-state index contributed by atoms with van der Waals surface area (Å²) in [5.41, 5.74) is 0.816. The SMILES string of the molecule is CCOc1ccc(C(Cl)=CC#N)cc1. The Hall–Kier alpha value is -1.46. The maximum Gasteiger partial charge on any atom is 0.119 e. The Morgan fingerprint density at radius 3 is 2.64 bits per heavy atom. The van der Waals surface area contributed by atoms with Gasteiger partial charge in [-0.3, -0.25) is 0 Å². The number of rotatable bonds is 3. The Morgan fingerprint density at radius 1 is 1.50 bits per heavy atom. The van der Waals surface area contributed by atoms with Gasteiger partial charge in [-0.1, -0.05) is 11.6 Å². The summed E-state index contributed by atoms with van der Waals surface area (Å²) in [6.45, 7) is 2.57. The summed E-state index contributed by atoms with van der Waals surface area (Å²) < 4.78 is 5.27. The number of ether oxygens (including phenoxy) is 1. The first-order valence-electron chi connectivity index (χ1n) is 4.26. The van der Waals surface area contributed by atoms with Crippen LogP contribution in [-0.4, -0.2) is 6.61 Å². The molecule has 1 aromatic rings. The average molecular weight is 208 g/mol. The third kappa shape index (κ3) is 2.79. The molecule has 0 aliphatic carbocycles. The van der Waals surface area contributed by atoms with Gasteiger partial charge in [0.1, 0.15) is 5.75 Å². The second kappa shape index (κ2) is 5.31. The molecule has 0 bridgehead atoms. The molecule has 0 atom stereocenters. The van der Waals surface area contributed by atoms with Crippen LogP contribution in [0.5, 0.6) is 5.75 Å². The van der Waals surface area contributed by atoms with Gasteiger partial charge in [0.05, 0.1) is 17.7 Å². The molecule has 0 aromatic heterocycles. The Bertz CT molecular complexity index is 362. The van der Waals surface area contributed by atoms with Crippen molar-refractivity contribution in [3.63, 3.8) is 0 Å². The van der Waals surface area contributed by atoms with E-state index in [2.05, 4.69) is 0 Å². The summed E-state index contributed by atoms with van der Waals surface area (Å²) in [6.07, 6.45) is 1.30. The average Bonchev–Trinajstić information content (AvgIpc) is 2.20. The van der Waals surface area contributed by atoms with E-state index in [-0.39, 0.29) is 0 Å². The van der Waals surface area contributed by atoms with Crippen molar-refractivity contribution >= 4 is 16.6 Å². The number of hydrogen-bond acceptors (Lipinski definition) is 2. The van der Waals surface area contributed by atoms with Crippen molar-refractivity contribution in [2.75, 3.05) is 6.61 Å². The zero-order valence-electron chi connectivity index (χ0n) is 7.83. The standard InChI is InChI=1S/C11H10ClNO/c1-2-14-10-5-3-9(4-6-10)11(12)7-8-13/h3-7H,2H2,1H3. The highest BCUT2D eigenvalue weighted by Crippen LogP contribution is 2.21. The molecular weight excluding hydrogens is 198 g/mol. The normalized spacial score (nSPS) is 10.8. The highest BCUT2D eigenvalue weighted by molar-refractivity contribution is 6.48. The lowest BCUT2D eigenvalue weighted by atomic mass is 10.2. The van der Waals surface area contributed by atoms with E-state index >= 15 is 0 Å². The molecule has 0 spiro atoms. The quantitative estimate of drug-likeness (QED) is 0.714. The molecule has 0 amide bonds. The van der Waals surface area contributed by atoms with E-state index in [9.17, 15) is 0 Å². The van der Waals surface area contributed by atoms with E-state index in [1.54, 1.807) is 0 Å². The smallest absolute Gasteiger partial charge is 0.119 e. The first-order chi connectivity index (χ1) is 6.77. The Balaban J connectivity index is 2.84. The van der Waals surface area contributed by atoms with Gasteiger partial charge in [0.25, 0.3) is 0 Å². The van der Waals surface area contributed by atoms with E-state index in [0.29, 0.717) is 11.6 Å². The van der Waals surface area contributed by atoms with Crippen LogP contribution >= 0.6 is 11.6 Å². The van der Waals surface area contributed by atoms with Crippen molar-refractivity contribution < 1.29 is 4.74 Å². The molecule has 14 heavy (non-hydrogen) atoms. The largest absolute Gasteiger partial charge is 0.494 e. The summed E-state index contributed by atoms with van der Waals surface area (Å²) >= 11 is 5.83. The first kappa shape index (κ1) is 10.6. The molecule has 1 rings (SSSR count). The van der Waals surface area contributed by atoms with Crippen molar-refractivity contribution in [1.29, 1.82) is 5.26 Å². The van der Waals surface area contributed by atoms with Gasteiger partial charge in [0.15, 0.2) is 0 Å². The van der Waals surface area contributed by atoms with Gasteiger partial charge >= 0.3 is 0 Å². The molecule has 0 N–H and O–H groups in total. The summed E-state index contributed by atoms with van der Waals surface area (Å²) in [4.78, 5) is 0. The number of halogens is 1. The predicted octanol–water partition coefficient (Wildman–Crippen LogP) is 3.19. The minimum Gasteiger partial charge on any atom is -0.494 e. The third-order valence-corrected chi connectivity index (χ3v) is 1.96. The van der Waals surface area contributed by atoms with E-state index in [4.69, 9.17) is 21.6 Å². The molecule has 0 heterocycles. The van der Waals surface area contributed by atoms with Gasteiger partial charge in [-0.25, -0.2) is 0 Å². The number of allylic oxidation sites excluding steroid dienone is 1. The van der Waals surface area contributed by atoms with Gasteiger partial charge in [0, 0.05) is 6.08 Å². The monoisotopic (exact) mass is 207 g/mol. The van der Waals surface area contributed by atoms with Crippen LogP contribution in [0.25, 0.3) is 5.03 Å². The third-order valence-electron chi connectivity index (χ3n) is 1.63. The zero-order chi connectivity index (χ0) is 10.4. The maximum absolute atomic E-state index is 8.40. The highest BCUT2D eigenvalue weighted by Gasteiger charge is 1.97. The molecule has 0 aliphatic rings. The Labute approximate surface area is 88.4 Å². The van der Waals surface area contributed by atoms with Crippen molar-refractivity contribution in [2.45, 2.75) is 6.92 Å². The lowest BCUT2D eigenvalue weighted by Crippen LogP contribution is -1.90. The van der Waals surface area contributed by atoms with Crippen molar-refractivity contribution in [2.24, 2.45) is 0 Å². The molecule has 72 valence electrons. The number of hydrogen-bond donors (Lipinski definition) is 0. The minimum atomic E-state index is 0.440. The molecule has 0 saturated carbocycles. The molecule has 2 nitrogen and oxygen atoms in total. The molecule has 0 radical (unpaired) electrons. The summed E-state index contributed by atoms with van der Waals surface area (Å²) in [7, 11) is 0. The fraction of sp³-hybridized carbons (Fsp3) is 0.182. The molecule has 1 aromatic carbocycles. The van der Waals surface area contributed by atoms with Crippen LogP contribution in [0.15, 0.2) is 30.3 Å². The van der Waals surface area contributed by atoms with E-state index in [1.165, 1.54) is 6.08 Å². The summed E-state index contributed by atoms with van der Waals surface area (Å²) in [6, 6.07) is 9.17. The second-order valence-corrected chi connectivity index (χ2v) is 2.99. The maximum atomic E-state index is 8.40. The van der Waals surface area contributed by atoms with Crippen LogP contribution < -0.4 is 4.74 Å². The van der Waals surface area contributed by atoms with Gasteiger partial charge in [0.2, 0.25) is 0 Å². The van der Waals surface area contributed by atoms with Crippen molar-refractivity contribution in [1.82, 2.24) is 0 Å².